The second kappa shape index (κ2) is 9.53. The highest BCUT2D eigenvalue weighted by atomic mass is 32.1. The molecule has 3 aromatic carbocycles. The SMILES string of the molecule is CC(Oc1ccc(-c2ccccc2)cc1)C(=O)NNC(=S)Nc1ccccc1. The summed E-state index contributed by atoms with van der Waals surface area (Å²) in [7, 11) is 0. The first kappa shape index (κ1) is 19.4. The summed E-state index contributed by atoms with van der Waals surface area (Å²) in [5.74, 6) is 0.289. The van der Waals surface area contributed by atoms with Gasteiger partial charge in [0.05, 0.1) is 0 Å². The summed E-state index contributed by atoms with van der Waals surface area (Å²) in [6, 6.07) is 27.1. The molecule has 0 aliphatic rings. The van der Waals surface area contributed by atoms with Crippen LogP contribution in [0.1, 0.15) is 6.92 Å². The van der Waals surface area contributed by atoms with E-state index in [1.54, 1.807) is 6.92 Å². The van der Waals surface area contributed by atoms with Crippen molar-refractivity contribution in [1.29, 1.82) is 0 Å². The molecule has 0 spiro atoms. The van der Waals surface area contributed by atoms with Gasteiger partial charge < -0.3 is 10.1 Å². The number of hydrogen-bond acceptors (Lipinski definition) is 3. The van der Waals surface area contributed by atoms with Crippen molar-refractivity contribution in [3.05, 3.63) is 84.9 Å². The summed E-state index contributed by atoms with van der Waals surface area (Å²) in [5.41, 5.74) is 8.26. The third-order valence-corrected chi connectivity index (χ3v) is 4.18. The van der Waals surface area contributed by atoms with Gasteiger partial charge in [0, 0.05) is 5.69 Å². The maximum Gasteiger partial charge on any atom is 0.279 e. The van der Waals surface area contributed by atoms with Crippen molar-refractivity contribution in [3.63, 3.8) is 0 Å². The highest BCUT2D eigenvalue weighted by molar-refractivity contribution is 7.80. The minimum absolute atomic E-state index is 0.291. The van der Waals surface area contributed by atoms with Crippen molar-refractivity contribution in [1.82, 2.24) is 10.9 Å². The van der Waals surface area contributed by atoms with E-state index in [9.17, 15) is 4.79 Å². The largest absolute Gasteiger partial charge is 0.481 e. The van der Waals surface area contributed by atoms with Gasteiger partial charge in [-0.1, -0.05) is 60.7 Å². The number of para-hydroxylation sites is 1. The van der Waals surface area contributed by atoms with Crippen LogP contribution in [0.4, 0.5) is 5.69 Å². The predicted octanol–water partition coefficient (Wildman–Crippen LogP) is 4.14. The number of rotatable bonds is 5. The number of hydrogen-bond donors (Lipinski definition) is 3. The Morgan fingerprint density at radius 2 is 1.39 bits per heavy atom. The minimum Gasteiger partial charge on any atom is -0.481 e. The lowest BCUT2D eigenvalue weighted by molar-refractivity contribution is -0.127. The number of thiocarbonyl (C=S) groups is 1. The summed E-state index contributed by atoms with van der Waals surface area (Å²) in [4.78, 5) is 12.2. The number of anilines is 1. The Bertz CT molecular complexity index is 916. The molecule has 0 heterocycles. The second-order valence-corrected chi connectivity index (χ2v) is 6.49. The standard InChI is InChI=1S/C22H21N3O2S/c1-16(21(26)24-25-22(28)23-19-10-6-3-7-11-19)27-20-14-12-18(13-15-20)17-8-4-2-5-9-17/h2-16H,1H3,(H,24,26)(H2,23,25,28). The molecule has 28 heavy (non-hydrogen) atoms. The maximum atomic E-state index is 12.2. The summed E-state index contributed by atoms with van der Waals surface area (Å²) in [6.07, 6.45) is -0.686. The fraction of sp³-hybridized carbons (Fsp3) is 0.0909. The molecule has 1 atom stereocenters. The van der Waals surface area contributed by atoms with Crippen molar-refractivity contribution in [2.75, 3.05) is 5.32 Å². The monoisotopic (exact) mass is 391 g/mol. The topological polar surface area (TPSA) is 62.4 Å². The predicted molar refractivity (Wildman–Crippen MR) is 116 cm³/mol. The zero-order valence-electron chi connectivity index (χ0n) is 15.4. The Morgan fingerprint density at radius 1 is 0.821 bits per heavy atom. The lowest BCUT2D eigenvalue weighted by Crippen LogP contribution is -2.48. The van der Waals surface area contributed by atoms with Gasteiger partial charge >= 0.3 is 0 Å². The molecule has 3 aromatic rings. The van der Waals surface area contributed by atoms with E-state index in [0.717, 1.165) is 16.8 Å². The van der Waals surface area contributed by atoms with E-state index in [1.807, 2.05) is 84.9 Å². The Balaban J connectivity index is 1.48. The van der Waals surface area contributed by atoms with Gasteiger partial charge in [-0.25, -0.2) is 0 Å². The third-order valence-electron chi connectivity index (χ3n) is 3.97. The molecule has 0 fully saturated rings. The van der Waals surface area contributed by atoms with Crippen molar-refractivity contribution in [2.45, 2.75) is 13.0 Å². The quantitative estimate of drug-likeness (QED) is 0.451. The lowest BCUT2D eigenvalue weighted by Gasteiger charge is -2.16. The normalized spacial score (nSPS) is 11.2. The first-order chi connectivity index (χ1) is 13.6. The molecule has 6 heteroatoms. The molecule has 0 saturated carbocycles. The Labute approximate surface area is 169 Å². The minimum atomic E-state index is -0.686. The molecule has 0 saturated heterocycles. The molecule has 0 bridgehead atoms. The van der Waals surface area contributed by atoms with Crippen LogP contribution in [-0.4, -0.2) is 17.1 Å². The van der Waals surface area contributed by atoms with E-state index in [1.165, 1.54) is 0 Å². The molecule has 3 N–H and O–H groups in total. The number of hydrazine groups is 1. The molecule has 5 nitrogen and oxygen atoms in total. The molecule has 1 amide bonds. The van der Waals surface area contributed by atoms with Gasteiger partial charge in [-0.15, -0.1) is 0 Å². The molecule has 142 valence electrons. The number of benzene rings is 3. The molecular weight excluding hydrogens is 370 g/mol. The van der Waals surface area contributed by atoms with Gasteiger partial charge in [0.2, 0.25) is 0 Å². The first-order valence-corrected chi connectivity index (χ1v) is 9.27. The zero-order chi connectivity index (χ0) is 19.8. The van der Waals surface area contributed by atoms with Crippen LogP contribution in [0, 0.1) is 0 Å². The number of carbonyl (C=O) groups excluding carboxylic acids is 1. The van der Waals surface area contributed by atoms with Crippen LogP contribution in [0.5, 0.6) is 5.75 Å². The van der Waals surface area contributed by atoms with Crippen molar-refractivity contribution in [3.8, 4) is 16.9 Å². The summed E-state index contributed by atoms with van der Waals surface area (Å²) < 4.78 is 5.70. The Morgan fingerprint density at radius 3 is 2.04 bits per heavy atom. The van der Waals surface area contributed by atoms with E-state index in [0.29, 0.717) is 10.9 Å². The third kappa shape index (κ3) is 5.56. The first-order valence-electron chi connectivity index (χ1n) is 8.86. The molecule has 0 aromatic heterocycles. The highest BCUT2D eigenvalue weighted by Crippen LogP contribution is 2.22. The number of amides is 1. The number of nitrogens with one attached hydrogen (secondary N) is 3. The molecule has 3 rings (SSSR count). The van der Waals surface area contributed by atoms with Gasteiger partial charge in [-0.2, -0.15) is 0 Å². The molecule has 0 radical (unpaired) electrons. The molecular formula is C22H21N3O2S. The Hall–Kier alpha value is -3.38. The second-order valence-electron chi connectivity index (χ2n) is 6.08. The van der Waals surface area contributed by atoms with Crippen LogP contribution in [0.3, 0.4) is 0 Å². The molecule has 0 aliphatic heterocycles. The number of ether oxygens (including phenoxy) is 1. The van der Waals surface area contributed by atoms with Crippen molar-refractivity contribution in [2.24, 2.45) is 0 Å². The van der Waals surface area contributed by atoms with Crippen LogP contribution in [0.25, 0.3) is 11.1 Å². The van der Waals surface area contributed by atoms with Crippen LogP contribution in [-0.2, 0) is 4.79 Å². The van der Waals surface area contributed by atoms with Crippen LogP contribution in [0.15, 0.2) is 84.9 Å². The average molecular weight is 391 g/mol. The average Bonchev–Trinajstić information content (AvgIpc) is 2.74. The smallest absolute Gasteiger partial charge is 0.279 e. The van der Waals surface area contributed by atoms with Gasteiger partial charge in [-0.3, -0.25) is 15.6 Å². The summed E-state index contributed by atoms with van der Waals surface area (Å²) in [6.45, 7) is 1.68. The Kier molecular flexibility index (Phi) is 6.59. The van der Waals surface area contributed by atoms with Gasteiger partial charge in [0.25, 0.3) is 5.91 Å². The summed E-state index contributed by atoms with van der Waals surface area (Å²) in [5, 5.41) is 3.26. The molecule has 0 aliphatic carbocycles. The van der Waals surface area contributed by atoms with Crippen molar-refractivity contribution >= 4 is 28.9 Å². The maximum absolute atomic E-state index is 12.2. The summed E-state index contributed by atoms with van der Waals surface area (Å²) >= 11 is 5.15. The highest BCUT2D eigenvalue weighted by Gasteiger charge is 2.14. The van der Waals surface area contributed by atoms with E-state index in [-0.39, 0.29) is 5.91 Å². The van der Waals surface area contributed by atoms with Crippen LogP contribution >= 0.6 is 12.2 Å². The van der Waals surface area contributed by atoms with E-state index < -0.39 is 6.10 Å². The van der Waals surface area contributed by atoms with E-state index >= 15 is 0 Å². The van der Waals surface area contributed by atoms with Crippen LogP contribution < -0.4 is 20.9 Å². The van der Waals surface area contributed by atoms with Gasteiger partial charge in [0.1, 0.15) is 5.75 Å². The van der Waals surface area contributed by atoms with Crippen molar-refractivity contribution < 1.29 is 9.53 Å². The zero-order valence-corrected chi connectivity index (χ0v) is 16.2. The lowest BCUT2D eigenvalue weighted by atomic mass is 10.1. The molecule has 1 unspecified atom stereocenters. The fourth-order valence-electron chi connectivity index (χ4n) is 2.52. The van der Waals surface area contributed by atoms with E-state index in [2.05, 4.69) is 16.2 Å². The van der Waals surface area contributed by atoms with Gasteiger partial charge in [-0.05, 0) is 54.5 Å². The van der Waals surface area contributed by atoms with Crippen LogP contribution in [0.2, 0.25) is 0 Å². The van der Waals surface area contributed by atoms with Gasteiger partial charge in [0.15, 0.2) is 11.2 Å². The number of carbonyl (C=O) groups is 1. The fourth-order valence-corrected chi connectivity index (χ4v) is 2.69. The van der Waals surface area contributed by atoms with E-state index in [4.69, 9.17) is 17.0 Å².